The van der Waals surface area contributed by atoms with Gasteiger partial charge in [0.15, 0.2) is 17.3 Å². The van der Waals surface area contributed by atoms with Gasteiger partial charge in [0.05, 0.1) is 0 Å². The molecule has 0 aliphatic heterocycles. The smallest absolute Gasteiger partial charge is 0.403 e. The Morgan fingerprint density at radius 2 is 1.73 bits per heavy atom. The Labute approximate surface area is 166 Å². The number of carbonyl (C=O) groups is 1. The normalized spacial score (nSPS) is 12.4. The molecule has 2 aromatic carbocycles. The molecule has 1 atom stereocenters. The highest BCUT2D eigenvalue weighted by Gasteiger charge is 2.33. The average Bonchev–Trinajstić information content (AvgIpc) is 2.68. The Kier molecular flexibility index (Phi) is 6.00. The predicted octanol–water partition coefficient (Wildman–Crippen LogP) is 4.96. The third-order valence-corrected chi connectivity index (χ3v) is 4.36. The van der Waals surface area contributed by atoms with Crippen LogP contribution in [0.15, 0.2) is 65.6 Å². The molecule has 0 amide bonds. The van der Waals surface area contributed by atoms with Gasteiger partial charge < -0.3 is 9.72 Å². The molecule has 1 N–H and O–H groups in total. The first-order valence-corrected chi connectivity index (χ1v) is 8.65. The number of ketones is 1. The fraction of sp³-hybridized carbons (Fsp3) is 0.143. The minimum Gasteiger partial charge on any atom is -0.403 e. The Morgan fingerprint density at radius 3 is 2.33 bits per heavy atom. The van der Waals surface area contributed by atoms with Crippen LogP contribution in [0, 0.1) is 11.6 Å². The number of aromatic nitrogens is 1. The van der Waals surface area contributed by atoms with E-state index in [0.29, 0.717) is 0 Å². The molecule has 0 unspecified atom stereocenters. The molecule has 0 aliphatic rings. The Balaban J connectivity index is 1.99. The summed E-state index contributed by atoms with van der Waals surface area (Å²) in [5.74, 6) is -4.46. The van der Waals surface area contributed by atoms with Gasteiger partial charge in [0.1, 0.15) is 5.82 Å². The fourth-order valence-electron chi connectivity index (χ4n) is 2.99. The standard InChI is InChI=1S/C21H14F5NO3/c22-16-4-2-1-3-14(16)15(10-18(28)13-6-8-20(29)27-11-13)12-5-7-19(17(23)9-12)30-21(24,25)26/h1-9,11,15H,10H2,(H,27,29)/t15-/m0/s1. The number of alkyl halides is 3. The molecule has 4 nitrogen and oxygen atoms in total. The van der Waals surface area contributed by atoms with Crippen LogP contribution >= 0.6 is 0 Å². The van der Waals surface area contributed by atoms with E-state index in [2.05, 4.69) is 9.72 Å². The van der Waals surface area contributed by atoms with Crippen LogP contribution in [0.25, 0.3) is 0 Å². The molecule has 156 valence electrons. The number of nitrogens with one attached hydrogen (secondary N) is 1. The highest BCUT2D eigenvalue weighted by atomic mass is 19.4. The van der Waals surface area contributed by atoms with Crippen LogP contribution in [0.4, 0.5) is 22.0 Å². The molecule has 30 heavy (non-hydrogen) atoms. The lowest BCUT2D eigenvalue weighted by molar-refractivity contribution is -0.275. The quantitative estimate of drug-likeness (QED) is 0.451. The summed E-state index contributed by atoms with van der Waals surface area (Å²) >= 11 is 0. The van der Waals surface area contributed by atoms with E-state index < -0.39 is 41.0 Å². The van der Waals surface area contributed by atoms with Crippen LogP contribution in [-0.2, 0) is 0 Å². The highest BCUT2D eigenvalue weighted by Crippen LogP contribution is 2.34. The number of carbonyl (C=O) groups excluding carboxylic acids is 1. The van der Waals surface area contributed by atoms with Gasteiger partial charge >= 0.3 is 6.36 Å². The first kappa shape index (κ1) is 21.2. The summed E-state index contributed by atoms with van der Waals surface area (Å²) in [6, 6.07) is 10.6. The first-order valence-electron chi connectivity index (χ1n) is 8.65. The number of H-pyrrole nitrogens is 1. The molecule has 9 heteroatoms. The molecule has 0 radical (unpaired) electrons. The molecule has 0 saturated heterocycles. The zero-order valence-corrected chi connectivity index (χ0v) is 15.2. The van der Waals surface area contributed by atoms with Crippen molar-refractivity contribution in [3.8, 4) is 5.75 Å². The maximum atomic E-state index is 14.4. The van der Waals surface area contributed by atoms with Gasteiger partial charge in [-0.3, -0.25) is 9.59 Å². The van der Waals surface area contributed by atoms with Crippen LogP contribution in [-0.4, -0.2) is 17.1 Å². The third-order valence-electron chi connectivity index (χ3n) is 4.36. The lowest BCUT2D eigenvalue weighted by Crippen LogP contribution is -2.18. The van der Waals surface area contributed by atoms with Crippen molar-refractivity contribution in [2.45, 2.75) is 18.7 Å². The van der Waals surface area contributed by atoms with Crippen molar-refractivity contribution in [3.05, 3.63) is 99.5 Å². The van der Waals surface area contributed by atoms with Crippen molar-refractivity contribution in [1.82, 2.24) is 4.98 Å². The van der Waals surface area contributed by atoms with Gasteiger partial charge in [-0.05, 0) is 35.4 Å². The number of benzene rings is 2. The lowest BCUT2D eigenvalue weighted by atomic mass is 9.85. The van der Waals surface area contributed by atoms with E-state index in [4.69, 9.17) is 0 Å². The zero-order chi connectivity index (χ0) is 21.9. The van der Waals surface area contributed by atoms with Crippen LogP contribution < -0.4 is 10.3 Å². The predicted molar refractivity (Wildman–Crippen MR) is 97.3 cm³/mol. The molecule has 1 aromatic heterocycles. The van der Waals surface area contributed by atoms with Crippen molar-refractivity contribution in [3.63, 3.8) is 0 Å². The molecule has 0 spiro atoms. The van der Waals surface area contributed by atoms with E-state index >= 15 is 0 Å². The molecule has 3 rings (SSSR count). The molecule has 3 aromatic rings. The Hall–Kier alpha value is -3.49. The molecule has 0 saturated carbocycles. The van der Waals surface area contributed by atoms with Gasteiger partial charge in [0.2, 0.25) is 5.56 Å². The maximum absolute atomic E-state index is 14.4. The van der Waals surface area contributed by atoms with Crippen LogP contribution in [0.1, 0.15) is 33.8 Å². The van der Waals surface area contributed by atoms with Crippen molar-refractivity contribution < 1.29 is 31.5 Å². The Bertz CT molecular complexity index is 1100. The van der Waals surface area contributed by atoms with E-state index in [1.165, 1.54) is 30.5 Å². The van der Waals surface area contributed by atoms with E-state index in [0.717, 1.165) is 30.3 Å². The number of aromatic amines is 1. The molecule has 0 bridgehead atoms. The van der Waals surface area contributed by atoms with Crippen molar-refractivity contribution in [2.75, 3.05) is 0 Å². The summed E-state index contributed by atoms with van der Waals surface area (Å²) in [5, 5.41) is 0. The van der Waals surface area contributed by atoms with Crippen LogP contribution in [0.5, 0.6) is 5.75 Å². The minimum atomic E-state index is -5.08. The fourth-order valence-corrected chi connectivity index (χ4v) is 2.99. The van der Waals surface area contributed by atoms with Gasteiger partial charge in [-0.25, -0.2) is 8.78 Å². The number of halogens is 5. The number of Topliss-reactive ketones (excluding diaryl/α,β-unsaturated/α-hetero) is 1. The number of hydrogen-bond acceptors (Lipinski definition) is 3. The number of ether oxygens (including phenoxy) is 1. The molecule has 0 fully saturated rings. The van der Waals surface area contributed by atoms with Gasteiger partial charge in [-0.1, -0.05) is 24.3 Å². The van der Waals surface area contributed by atoms with Crippen LogP contribution in [0.3, 0.4) is 0 Å². The van der Waals surface area contributed by atoms with E-state index in [1.54, 1.807) is 0 Å². The summed E-state index contributed by atoms with van der Waals surface area (Å²) in [4.78, 5) is 26.2. The second-order valence-electron chi connectivity index (χ2n) is 6.38. The van der Waals surface area contributed by atoms with E-state index in [-0.39, 0.29) is 23.1 Å². The van der Waals surface area contributed by atoms with E-state index in [9.17, 15) is 31.5 Å². The van der Waals surface area contributed by atoms with Gasteiger partial charge in [-0.15, -0.1) is 13.2 Å². The van der Waals surface area contributed by atoms with Gasteiger partial charge in [0, 0.05) is 30.2 Å². The van der Waals surface area contributed by atoms with E-state index in [1.807, 2.05) is 0 Å². The van der Waals surface area contributed by atoms with Crippen molar-refractivity contribution >= 4 is 5.78 Å². The average molecular weight is 423 g/mol. The Morgan fingerprint density at radius 1 is 1.00 bits per heavy atom. The van der Waals surface area contributed by atoms with Crippen LogP contribution in [0.2, 0.25) is 0 Å². The molecular weight excluding hydrogens is 409 g/mol. The summed E-state index contributed by atoms with van der Waals surface area (Å²) in [5.41, 5.74) is -0.114. The summed E-state index contributed by atoms with van der Waals surface area (Å²) in [6.45, 7) is 0. The number of hydrogen-bond donors (Lipinski definition) is 1. The molecule has 0 aliphatic carbocycles. The summed E-state index contributed by atoms with van der Waals surface area (Å²) < 4.78 is 69.4. The SMILES string of the molecule is O=C(C[C@@H](c1ccc(OC(F)(F)F)c(F)c1)c1ccccc1F)c1ccc(=O)[nH]c1. The van der Waals surface area contributed by atoms with Crippen molar-refractivity contribution in [2.24, 2.45) is 0 Å². The number of rotatable bonds is 6. The lowest BCUT2D eigenvalue weighted by Gasteiger charge is -2.19. The zero-order valence-electron chi connectivity index (χ0n) is 15.2. The molecule has 1 heterocycles. The third kappa shape index (κ3) is 5.11. The van der Waals surface area contributed by atoms with Crippen molar-refractivity contribution in [1.29, 1.82) is 0 Å². The highest BCUT2D eigenvalue weighted by molar-refractivity contribution is 5.96. The second kappa shape index (κ2) is 8.48. The maximum Gasteiger partial charge on any atom is 0.573 e. The minimum absolute atomic E-state index is 0.0687. The number of pyridine rings is 1. The van der Waals surface area contributed by atoms with Gasteiger partial charge in [0.25, 0.3) is 0 Å². The summed E-state index contributed by atoms with van der Waals surface area (Å²) in [6.07, 6.45) is -4.19. The monoisotopic (exact) mass is 423 g/mol. The first-order chi connectivity index (χ1) is 14.1. The second-order valence-corrected chi connectivity index (χ2v) is 6.38. The summed E-state index contributed by atoms with van der Waals surface area (Å²) in [7, 11) is 0. The molecular formula is C21H14F5NO3. The van der Waals surface area contributed by atoms with Gasteiger partial charge in [-0.2, -0.15) is 0 Å². The topological polar surface area (TPSA) is 59.2 Å². The largest absolute Gasteiger partial charge is 0.573 e.